The van der Waals surface area contributed by atoms with Crippen LogP contribution in [0, 0.1) is 6.92 Å². The fourth-order valence-electron chi connectivity index (χ4n) is 1.92. The summed E-state index contributed by atoms with van der Waals surface area (Å²) in [5.41, 5.74) is 6.45. The average molecular weight is 284 g/mol. The smallest absolute Gasteiger partial charge is 0.264 e. The minimum Gasteiger partial charge on any atom is -0.398 e. The molecule has 0 saturated carbocycles. The number of thiophene rings is 1. The first-order valence-electron chi connectivity index (χ1n) is 6.86. The van der Waals surface area contributed by atoms with Crippen molar-refractivity contribution in [3.63, 3.8) is 0 Å². The summed E-state index contributed by atoms with van der Waals surface area (Å²) in [6, 6.07) is 1.73. The minimum absolute atomic E-state index is 0.000638. The number of hydrogen-bond donors (Lipinski definition) is 2. The first kappa shape index (κ1) is 16.0. The second kappa shape index (κ2) is 8.17. The Morgan fingerprint density at radius 2 is 2.11 bits per heavy atom. The number of carbonyl (C=O) groups excluding carboxylic acids is 1. The van der Waals surface area contributed by atoms with Crippen molar-refractivity contribution in [1.82, 2.24) is 4.90 Å². The van der Waals surface area contributed by atoms with E-state index in [1.165, 1.54) is 24.2 Å². The molecule has 0 fully saturated rings. The van der Waals surface area contributed by atoms with Gasteiger partial charge in [0.05, 0.1) is 11.5 Å². The average Bonchev–Trinajstić information content (AvgIpc) is 2.72. The number of nitrogens with zero attached hydrogens (tertiary/aromatic N) is 1. The lowest BCUT2D eigenvalue weighted by Gasteiger charge is -2.21. The number of hydrogen-bond acceptors (Lipinski definition) is 4. The molecule has 0 atom stereocenters. The summed E-state index contributed by atoms with van der Waals surface area (Å²) >= 11 is 1.42. The molecular weight excluding hydrogens is 260 g/mol. The summed E-state index contributed by atoms with van der Waals surface area (Å²) in [7, 11) is 0. The fraction of sp³-hybridized carbons (Fsp3) is 0.643. The van der Waals surface area contributed by atoms with E-state index in [0.29, 0.717) is 23.7 Å². The Balaban J connectivity index is 2.61. The first-order valence-corrected chi connectivity index (χ1v) is 7.67. The second-order valence-electron chi connectivity index (χ2n) is 4.70. The highest BCUT2D eigenvalue weighted by Gasteiger charge is 2.17. The molecule has 19 heavy (non-hydrogen) atoms. The summed E-state index contributed by atoms with van der Waals surface area (Å²) in [6.07, 6.45) is 4.47. The third-order valence-corrected chi connectivity index (χ3v) is 4.16. The molecule has 0 aromatic carbocycles. The number of unbranched alkanes of at least 4 members (excludes halogenated alkanes) is 3. The molecule has 0 unspecified atom stereocenters. The standard InChI is InChI=1S/C14H24N2O2S/c1-3-4-5-6-7-16(8-9-17)14(18)13-10-12(15)11(2)19-13/h10,17H,3-9,15H2,1-2H3. The van der Waals surface area contributed by atoms with Gasteiger partial charge in [-0.15, -0.1) is 11.3 Å². The molecular formula is C14H24N2O2S. The van der Waals surface area contributed by atoms with E-state index in [1.807, 2.05) is 6.92 Å². The molecule has 1 aromatic heterocycles. The lowest BCUT2D eigenvalue weighted by Crippen LogP contribution is -2.34. The van der Waals surface area contributed by atoms with E-state index in [1.54, 1.807) is 11.0 Å². The summed E-state index contributed by atoms with van der Waals surface area (Å²) in [5, 5.41) is 9.08. The molecule has 0 saturated heterocycles. The van der Waals surface area contributed by atoms with E-state index in [-0.39, 0.29) is 12.5 Å². The van der Waals surface area contributed by atoms with Gasteiger partial charge in [0.15, 0.2) is 0 Å². The van der Waals surface area contributed by atoms with Gasteiger partial charge in [0.2, 0.25) is 0 Å². The Morgan fingerprint density at radius 1 is 1.37 bits per heavy atom. The Kier molecular flexibility index (Phi) is 6.87. The highest BCUT2D eigenvalue weighted by atomic mass is 32.1. The third-order valence-electron chi connectivity index (χ3n) is 3.11. The molecule has 1 amide bonds. The number of anilines is 1. The highest BCUT2D eigenvalue weighted by molar-refractivity contribution is 7.14. The van der Waals surface area contributed by atoms with Crippen LogP contribution in [0.4, 0.5) is 5.69 Å². The van der Waals surface area contributed by atoms with Crippen LogP contribution in [0.3, 0.4) is 0 Å². The van der Waals surface area contributed by atoms with Gasteiger partial charge >= 0.3 is 0 Å². The van der Waals surface area contributed by atoms with Crippen LogP contribution in [-0.4, -0.2) is 35.6 Å². The summed E-state index contributed by atoms with van der Waals surface area (Å²) in [5.74, 6) is -0.0182. The number of aryl methyl sites for hydroxylation is 1. The van der Waals surface area contributed by atoms with Crippen LogP contribution < -0.4 is 5.73 Å². The second-order valence-corrected chi connectivity index (χ2v) is 5.95. The predicted octanol–water partition coefficient (Wildman–Crippen LogP) is 2.65. The normalized spacial score (nSPS) is 10.7. The molecule has 4 nitrogen and oxygen atoms in total. The number of aliphatic hydroxyl groups is 1. The molecule has 0 aliphatic carbocycles. The van der Waals surface area contributed by atoms with Crippen molar-refractivity contribution >= 4 is 22.9 Å². The molecule has 0 spiro atoms. The Labute approximate surface area is 119 Å². The van der Waals surface area contributed by atoms with Gasteiger partial charge in [-0.25, -0.2) is 0 Å². The Hall–Kier alpha value is -1.07. The van der Waals surface area contributed by atoms with E-state index in [9.17, 15) is 4.79 Å². The van der Waals surface area contributed by atoms with E-state index in [4.69, 9.17) is 10.8 Å². The van der Waals surface area contributed by atoms with E-state index >= 15 is 0 Å². The maximum absolute atomic E-state index is 12.3. The maximum Gasteiger partial charge on any atom is 0.264 e. The zero-order valence-corrected chi connectivity index (χ0v) is 12.6. The van der Waals surface area contributed by atoms with Gasteiger partial charge < -0.3 is 15.7 Å². The van der Waals surface area contributed by atoms with Gasteiger partial charge in [0.25, 0.3) is 5.91 Å². The number of nitrogen functional groups attached to an aromatic ring is 1. The lowest BCUT2D eigenvalue weighted by molar-refractivity contribution is 0.0723. The number of carbonyl (C=O) groups is 1. The van der Waals surface area contributed by atoms with Crippen LogP contribution in [0.5, 0.6) is 0 Å². The molecule has 5 heteroatoms. The van der Waals surface area contributed by atoms with Crippen LogP contribution in [0.1, 0.15) is 47.2 Å². The van der Waals surface area contributed by atoms with E-state index in [2.05, 4.69) is 6.92 Å². The maximum atomic E-state index is 12.3. The topological polar surface area (TPSA) is 66.6 Å². The Morgan fingerprint density at radius 3 is 2.63 bits per heavy atom. The van der Waals surface area contributed by atoms with Crippen molar-refractivity contribution in [3.8, 4) is 0 Å². The zero-order chi connectivity index (χ0) is 14.3. The number of amides is 1. The summed E-state index contributed by atoms with van der Waals surface area (Å²) in [4.78, 5) is 15.7. The fourth-order valence-corrected chi connectivity index (χ4v) is 2.83. The van der Waals surface area contributed by atoms with Crippen molar-refractivity contribution < 1.29 is 9.90 Å². The molecule has 1 heterocycles. The van der Waals surface area contributed by atoms with Crippen molar-refractivity contribution in [2.24, 2.45) is 0 Å². The molecule has 0 bridgehead atoms. The van der Waals surface area contributed by atoms with Gasteiger partial charge in [0.1, 0.15) is 0 Å². The van der Waals surface area contributed by atoms with Crippen molar-refractivity contribution in [2.75, 3.05) is 25.4 Å². The molecule has 0 aliphatic rings. The summed E-state index contributed by atoms with van der Waals surface area (Å²) in [6.45, 7) is 5.17. The highest BCUT2D eigenvalue weighted by Crippen LogP contribution is 2.24. The largest absolute Gasteiger partial charge is 0.398 e. The van der Waals surface area contributed by atoms with Gasteiger partial charge in [-0.2, -0.15) is 0 Å². The predicted molar refractivity (Wildman–Crippen MR) is 80.6 cm³/mol. The monoisotopic (exact) mass is 284 g/mol. The number of rotatable bonds is 8. The van der Waals surface area contributed by atoms with Gasteiger partial charge in [0, 0.05) is 23.7 Å². The van der Waals surface area contributed by atoms with Crippen LogP contribution in [0.2, 0.25) is 0 Å². The van der Waals surface area contributed by atoms with Crippen LogP contribution >= 0.6 is 11.3 Å². The molecule has 1 aromatic rings. The van der Waals surface area contributed by atoms with Gasteiger partial charge in [-0.3, -0.25) is 4.79 Å². The molecule has 3 N–H and O–H groups in total. The molecule has 1 rings (SSSR count). The Bertz CT molecular complexity index is 385. The molecule has 0 radical (unpaired) electrons. The first-order chi connectivity index (χ1) is 9.10. The van der Waals surface area contributed by atoms with E-state index in [0.717, 1.165) is 17.7 Å². The SMILES string of the molecule is CCCCCCN(CCO)C(=O)c1cc(N)c(C)s1. The minimum atomic E-state index is -0.0182. The van der Waals surface area contributed by atoms with Crippen molar-refractivity contribution in [3.05, 3.63) is 15.8 Å². The van der Waals surface area contributed by atoms with Crippen molar-refractivity contribution in [1.29, 1.82) is 0 Å². The van der Waals surface area contributed by atoms with E-state index < -0.39 is 0 Å². The molecule has 0 aliphatic heterocycles. The van der Waals surface area contributed by atoms with Gasteiger partial charge in [-0.1, -0.05) is 26.2 Å². The van der Waals surface area contributed by atoms with Gasteiger partial charge in [-0.05, 0) is 19.4 Å². The van der Waals surface area contributed by atoms with Crippen LogP contribution in [0.25, 0.3) is 0 Å². The molecule has 108 valence electrons. The van der Waals surface area contributed by atoms with Crippen molar-refractivity contribution in [2.45, 2.75) is 39.5 Å². The van der Waals surface area contributed by atoms with Crippen LogP contribution in [0.15, 0.2) is 6.07 Å². The summed E-state index contributed by atoms with van der Waals surface area (Å²) < 4.78 is 0. The third kappa shape index (κ3) is 4.84. The lowest BCUT2D eigenvalue weighted by atomic mass is 10.2. The number of aliphatic hydroxyl groups excluding tert-OH is 1. The van der Waals surface area contributed by atoms with Crippen LogP contribution in [-0.2, 0) is 0 Å². The quantitative estimate of drug-likeness (QED) is 0.721. The zero-order valence-electron chi connectivity index (χ0n) is 11.8. The number of nitrogens with two attached hydrogens (primary N) is 1.